The van der Waals surface area contributed by atoms with Crippen molar-refractivity contribution in [2.24, 2.45) is 0 Å². The summed E-state index contributed by atoms with van der Waals surface area (Å²) in [5.41, 5.74) is 6.68. The van der Waals surface area contributed by atoms with E-state index in [1.807, 2.05) is 30.3 Å². The molecule has 3 aromatic rings. The number of aliphatic hydroxyl groups excluding tert-OH is 1. The summed E-state index contributed by atoms with van der Waals surface area (Å²) in [5, 5.41) is 9.43. The summed E-state index contributed by atoms with van der Waals surface area (Å²) in [6, 6.07) is 9.72. The summed E-state index contributed by atoms with van der Waals surface area (Å²) in [6.45, 7) is 0.528. The van der Waals surface area contributed by atoms with Crippen molar-refractivity contribution in [2.75, 3.05) is 18.9 Å². The summed E-state index contributed by atoms with van der Waals surface area (Å²) in [7, 11) is 0. The van der Waals surface area contributed by atoms with E-state index in [0.717, 1.165) is 5.56 Å². The van der Waals surface area contributed by atoms with Crippen molar-refractivity contribution in [3.05, 3.63) is 52.6 Å². The summed E-state index contributed by atoms with van der Waals surface area (Å²) < 4.78 is 12.7. The number of H-pyrrole nitrogens is 1. The number of aliphatic hydroxyl groups is 1. The van der Waals surface area contributed by atoms with Gasteiger partial charge in [-0.05, 0) is 5.56 Å². The Balaban J connectivity index is 0.00000243. The van der Waals surface area contributed by atoms with Gasteiger partial charge in [0, 0.05) is 0 Å². The summed E-state index contributed by atoms with van der Waals surface area (Å²) >= 11 is 0. The maximum absolute atomic E-state index is 11.7. The SMILES string of the molecule is Cl.Nc1nc2c(ncn2COC(CO)COCc2ccccc2)c(=O)[nH]1. The van der Waals surface area contributed by atoms with Gasteiger partial charge in [-0.15, -0.1) is 12.4 Å². The zero-order chi connectivity index (χ0) is 17.6. The number of imidazole rings is 1. The van der Waals surface area contributed by atoms with Crippen molar-refractivity contribution in [3.63, 3.8) is 0 Å². The molecule has 2 aromatic heterocycles. The molecule has 0 aliphatic carbocycles. The minimum Gasteiger partial charge on any atom is -0.394 e. The lowest BCUT2D eigenvalue weighted by Gasteiger charge is -2.16. The first-order valence-corrected chi connectivity index (χ1v) is 7.72. The van der Waals surface area contributed by atoms with Crippen LogP contribution >= 0.6 is 12.4 Å². The Kier molecular flexibility index (Phi) is 7.10. The molecule has 0 saturated heterocycles. The molecule has 1 unspecified atom stereocenters. The number of fused-ring (bicyclic) bond motifs is 1. The maximum Gasteiger partial charge on any atom is 0.280 e. The van der Waals surface area contributed by atoms with Gasteiger partial charge in [0.05, 0.1) is 26.1 Å². The minimum absolute atomic E-state index is 0. The smallest absolute Gasteiger partial charge is 0.280 e. The highest BCUT2D eigenvalue weighted by Gasteiger charge is 2.12. The average molecular weight is 382 g/mol. The Morgan fingerprint density at radius 3 is 2.81 bits per heavy atom. The van der Waals surface area contributed by atoms with Crippen LogP contribution < -0.4 is 11.3 Å². The van der Waals surface area contributed by atoms with Gasteiger partial charge < -0.3 is 20.3 Å². The standard InChI is InChI=1S/C16H19N5O4.ClH/c17-16-19-14-13(15(23)20-16)18-9-21(14)10-25-12(6-22)8-24-7-11-4-2-1-3-5-11;/h1-5,9,12,22H,6-8,10H2,(H3,17,19,20,23);1H. The van der Waals surface area contributed by atoms with E-state index in [9.17, 15) is 9.90 Å². The molecule has 0 bridgehead atoms. The van der Waals surface area contributed by atoms with Crippen molar-refractivity contribution in [2.45, 2.75) is 19.4 Å². The van der Waals surface area contributed by atoms with Crippen LogP contribution in [0.1, 0.15) is 5.56 Å². The maximum atomic E-state index is 11.7. The average Bonchev–Trinajstić information content (AvgIpc) is 3.02. The quantitative estimate of drug-likeness (QED) is 0.523. The number of benzene rings is 1. The van der Waals surface area contributed by atoms with E-state index in [0.29, 0.717) is 12.3 Å². The lowest BCUT2D eigenvalue weighted by atomic mass is 10.2. The monoisotopic (exact) mass is 381 g/mol. The number of halogens is 1. The third-order valence-corrected chi connectivity index (χ3v) is 3.56. The summed E-state index contributed by atoms with van der Waals surface area (Å²) in [5.74, 6) is 0.00385. The molecule has 0 amide bonds. The predicted molar refractivity (Wildman–Crippen MR) is 97.9 cm³/mol. The number of nitrogens with two attached hydrogens (primary N) is 1. The lowest BCUT2D eigenvalue weighted by Crippen LogP contribution is -2.25. The molecule has 1 atom stereocenters. The van der Waals surface area contributed by atoms with Gasteiger partial charge in [0.2, 0.25) is 5.95 Å². The normalized spacial score (nSPS) is 12.0. The predicted octanol–water partition coefficient (Wildman–Crippen LogP) is 0.675. The van der Waals surface area contributed by atoms with Crippen LogP contribution in [-0.2, 0) is 22.8 Å². The first kappa shape index (κ1) is 19.9. The number of hydrogen-bond acceptors (Lipinski definition) is 7. The molecular formula is C16H20ClN5O4. The van der Waals surface area contributed by atoms with Crippen molar-refractivity contribution >= 4 is 29.5 Å². The molecule has 9 nitrogen and oxygen atoms in total. The third-order valence-electron chi connectivity index (χ3n) is 3.56. The van der Waals surface area contributed by atoms with E-state index in [1.54, 1.807) is 4.57 Å². The van der Waals surface area contributed by atoms with Gasteiger partial charge >= 0.3 is 0 Å². The summed E-state index contributed by atoms with van der Waals surface area (Å²) in [4.78, 5) is 22.2. The number of aromatic amines is 1. The van der Waals surface area contributed by atoms with Crippen LogP contribution in [0.2, 0.25) is 0 Å². The van der Waals surface area contributed by atoms with Crippen LogP contribution in [0.4, 0.5) is 5.95 Å². The number of hydrogen-bond donors (Lipinski definition) is 3. The number of nitrogens with zero attached hydrogens (tertiary/aromatic N) is 3. The third kappa shape index (κ3) is 4.79. The van der Waals surface area contributed by atoms with Gasteiger partial charge in [0.25, 0.3) is 5.56 Å². The van der Waals surface area contributed by atoms with Gasteiger partial charge in [-0.25, -0.2) is 4.98 Å². The molecule has 3 rings (SSSR count). The Hall–Kier alpha value is -2.46. The zero-order valence-electron chi connectivity index (χ0n) is 13.9. The van der Waals surface area contributed by atoms with Crippen molar-refractivity contribution in [3.8, 4) is 0 Å². The largest absolute Gasteiger partial charge is 0.394 e. The van der Waals surface area contributed by atoms with E-state index in [2.05, 4.69) is 15.0 Å². The van der Waals surface area contributed by atoms with E-state index < -0.39 is 11.7 Å². The minimum atomic E-state index is -0.513. The molecule has 0 radical (unpaired) electrons. The van der Waals surface area contributed by atoms with E-state index in [1.165, 1.54) is 6.33 Å². The molecule has 0 fully saturated rings. The fourth-order valence-corrected chi connectivity index (χ4v) is 2.29. The molecule has 2 heterocycles. The lowest BCUT2D eigenvalue weighted by molar-refractivity contribution is -0.0697. The van der Waals surface area contributed by atoms with E-state index in [-0.39, 0.29) is 43.8 Å². The second-order valence-corrected chi connectivity index (χ2v) is 5.44. The first-order chi connectivity index (χ1) is 12.2. The number of nitrogen functional groups attached to an aromatic ring is 1. The Morgan fingerprint density at radius 1 is 1.31 bits per heavy atom. The van der Waals surface area contributed by atoms with Gasteiger partial charge in [-0.3, -0.25) is 14.3 Å². The fourth-order valence-electron chi connectivity index (χ4n) is 2.29. The zero-order valence-corrected chi connectivity index (χ0v) is 14.7. The first-order valence-electron chi connectivity index (χ1n) is 7.72. The topological polar surface area (TPSA) is 128 Å². The molecule has 0 saturated carbocycles. The molecule has 0 aliphatic rings. The fraction of sp³-hybridized carbons (Fsp3) is 0.312. The Labute approximate surface area is 155 Å². The second-order valence-electron chi connectivity index (χ2n) is 5.44. The molecule has 0 spiro atoms. The van der Waals surface area contributed by atoms with E-state index in [4.69, 9.17) is 15.2 Å². The molecule has 140 valence electrons. The molecule has 1 aromatic carbocycles. The van der Waals surface area contributed by atoms with Gasteiger partial charge in [-0.1, -0.05) is 30.3 Å². The van der Waals surface area contributed by atoms with Crippen LogP contribution in [0.25, 0.3) is 11.2 Å². The van der Waals surface area contributed by atoms with Crippen LogP contribution in [0, 0.1) is 0 Å². The van der Waals surface area contributed by atoms with E-state index >= 15 is 0 Å². The molecule has 0 aliphatic heterocycles. The second kappa shape index (κ2) is 9.30. The molecule has 26 heavy (non-hydrogen) atoms. The summed E-state index contributed by atoms with van der Waals surface area (Å²) in [6.07, 6.45) is 0.923. The molecular weight excluding hydrogens is 362 g/mol. The van der Waals surface area contributed by atoms with Crippen LogP contribution in [0.3, 0.4) is 0 Å². The van der Waals surface area contributed by atoms with Crippen molar-refractivity contribution < 1.29 is 14.6 Å². The highest BCUT2D eigenvalue weighted by atomic mass is 35.5. The Morgan fingerprint density at radius 2 is 2.08 bits per heavy atom. The van der Waals surface area contributed by atoms with Gasteiger partial charge in [-0.2, -0.15) is 4.98 Å². The number of anilines is 1. The van der Waals surface area contributed by atoms with Gasteiger partial charge in [0.15, 0.2) is 11.2 Å². The van der Waals surface area contributed by atoms with Crippen molar-refractivity contribution in [1.82, 2.24) is 19.5 Å². The highest BCUT2D eigenvalue weighted by Crippen LogP contribution is 2.08. The van der Waals surface area contributed by atoms with Gasteiger partial charge in [0.1, 0.15) is 12.8 Å². The van der Waals surface area contributed by atoms with Crippen molar-refractivity contribution in [1.29, 1.82) is 0 Å². The van der Waals surface area contributed by atoms with Crippen LogP contribution in [0.5, 0.6) is 0 Å². The highest BCUT2D eigenvalue weighted by molar-refractivity contribution is 5.85. The van der Waals surface area contributed by atoms with Crippen LogP contribution in [-0.4, -0.2) is 43.9 Å². The number of ether oxygens (including phenoxy) is 2. The molecule has 4 N–H and O–H groups in total. The Bertz CT molecular complexity index is 883. The number of rotatable bonds is 8. The number of nitrogens with one attached hydrogen (secondary N) is 1. The van der Waals surface area contributed by atoms with Crippen LogP contribution in [0.15, 0.2) is 41.5 Å². The molecule has 10 heteroatoms. The number of aromatic nitrogens is 4.